The smallest absolute Gasteiger partial charge is 0.236 e. The molecule has 0 spiro atoms. The van der Waals surface area contributed by atoms with Crippen molar-refractivity contribution in [1.82, 2.24) is 34.9 Å². The van der Waals surface area contributed by atoms with Gasteiger partial charge in [-0.2, -0.15) is 4.68 Å². The van der Waals surface area contributed by atoms with Gasteiger partial charge in [-0.3, -0.25) is 14.6 Å². The van der Waals surface area contributed by atoms with E-state index in [1.165, 1.54) is 0 Å². The molecule has 0 saturated carbocycles. The number of carbonyl (C=O) groups excluding carboxylic acids is 1. The molecule has 3 rings (SSSR count). The monoisotopic (exact) mass is 357 g/mol. The van der Waals surface area contributed by atoms with Crippen LogP contribution in [0.4, 0.5) is 0 Å². The summed E-state index contributed by atoms with van der Waals surface area (Å²) in [7, 11) is 0. The zero-order valence-corrected chi connectivity index (χ0v) is 15.6. The summed E-state index contributed by atoms with van der Waals surface area (Å²) in [6.45, 7) is 10.4. The fourth-order valence-electron chi connectivity index (χ4n) is 3.25. The lowest BCUT2D eigenvalue weighted by Crippen LogP contribution is -2.49. The summed E-state index contributed by atoms with van der Waals surface area (Å²) in [5, 5.41) is 12.1. The maximum absolute atomic E-state index is 12.3. The summed E-state index contributed by atoms with van der Waals surface area (Å²) in [5.41, 5.74) is 0.968. The van der Waals surface area contributed by atoms with Crippen molar-refractivity contribution in [3.05, 3.63) is 36.2 Å². The number of tetrazole rings is 1. The zero-order valence-electron chi connectivity index (χ0n) is 15.6. The zero-order chi connectivity index (χ0) is 18.4. The Balaban J connectivity index is 1.52. The van der Waals surface area contributed by atoms with Crippen molar-refractivity contribution >= 4 is 5.91 Å². The highest BCUT2D eigenvalue weighted by Gasteiger charge is 2.22. The van der Waals surface area contributed by atoms with Crippen molar-refractivity contribution in [2.24, 2.45) is 0 Å². The number of hydrogen-bond donors (Lipinski definition) is 0. The van der Waals surface area contributed by atoms with Gasteiger partial charge in [-0.15, -0.1) is 5.10 Å². The van der Waals surface area contributed by atoms with Gasteiger partial charge in [0.15, 0.2) is 5.82 Å². The summed E-state index contributed by atoms with van der Waals surface area (Å²) < 4.78 is 1.79. The van der Waals surface area contributed by atoms with E-state index in [4.69, 9.17) is 0 Å². The second-order valence-electron chi connectivity index (χ2n) is 6.46. The molecule has 1 aromatic carbocycles. The number of likely N-dealkylation sites (N-methyl/N-ethyl adjacent to an activating group) is 1. The first kappa shape index (κ1) is 18.5. The van der Waals surface area contributed by atoms with Crippen LogP contribution in [0.3, 0.4) is 0 Å². The van der Waals surface area contributed by atoms with Crippen LogP contribution in [0.15, 0.2) is 30.3 Å². The second kappa shape index (κ2) is 8.86. The summed E-state index contributed by atoms with van der Waals surface area (Å²) in [5.74, 6) is 1.06. The lowest BCUT2D eigenvalue weighted by atomic mass is 10.3. The third-order valence-corrected chi connectivity index (χ3v) is 4.84. The van der Waals surface area contributed by atoms with Crippen molar-refractivity contribution < 1.29 is 4.79 Å². The summed E-state index contributed by atoms with van der Waals surface area (Å²) in [6.07, 6.45) is 0. The van der Waals surface area contributed by atoms with E-state index in [0.29, 0.717) is 13.1 Å². The van der Waals surface area contributed by atoms with Gasteiger partial charge in [-0.05, 0) is 36.4 Å². The van der Waals surface area contributed by atoms with Crippen molar-refractivity contribution in [2.45, 2.75) is 20.4 Å². The van der Waals surface area contributed by atoms with E-state index >= 15 is 0 Å². The van der Waals surface area contributed by atoms with E-state index in [9.17, 15) is 4.79 Å². The Bertz CT molecular complexity index is 691. The predicted octanol–water partition coefficient (Wildman–Crippen LogP) is 0.648. The summed E-state index contributed by atoms with van der Waals surface area (Å²) in [6, 6.07) is 9.93. The topological polar surface area (TPSA) is 70.4 Å². The third-order valence-electron chi connectivity index (χ3n) is 4.84. The number of piperazine rings is 1. The van der Waals surface area contributed by atoms with Gasteiger partial charge in [0.05, 0.1) is 18.8 Å². The molecule has 1 amide bonds. The van der Waals surface area contributed by atoms with E-state index in [2.05, 4.69) is 25.3 Å². The van der Waals surface area contributed by atoms with Gasteiger partial charge >= 0.3 is 0 Å². The van der Waals surface area contributed by atoms with Gasteiger partial charge in [0.1, 0.15) is 0 Å². The minimum Gasteiger partial charge on any atom is -0.342 e. The molecule has 1 fully saturated rings. The van der Waals surface area contributed by atoms with Gasteiger partial charge in [0.2, 0.25) is 5.91 Å². The predicted molar refractivity (Wildman–Crippen MR) is 98.8 cm³/mol. The standard InChI is InChI=1S/C18H27N7O/c1-3-24(4-2)18(26)15-23-12-10-22(11-13-23)14-17-19-20-21-25(17)16-8-6-5-7-9-16/h5-9H,3-4,10-15H2,1-2H3. The Hall–Kier alpha value is -2.32. The number of amides is 1. The Morgan fingerprint density at radius 1 is 1.04 bits per heavy atom. The fraction of sp³-hybridized carbons (Fsp3) is 0.556. The van der Waals surface area contributed by atoms with Crippen LogP contribution in [0.25, 0.3) is 5.69 Å². The average Bonchev–Trinajstić information content (AvgIpc) is 3.13. The van der Waals surface area contributed by atoms with Gasteiger partial charge in [-0.1, -0.05) is 18.2 Å². The molecule has 8 nitrogen and oxygen atoms in total. The minimum absolute atomic E-state index is 0.219. The van der Waals surface area contributed by atoms with E-state index in [1.807, 2.05) is 49.1 Å². The lowest BCUT2D eigenvalue weighted by Gasteiger charge is -2.34. The maximum atomic E-state index is 12.3. The maximum Gasteiger partial charge on any atom is 0.236 e. The highest BCUT2D eigenvalue weighted by Crippen LogP contribution is 2.11. The molecule has 26 heavy (non-hydrogen) atoms. The number of para-hydroxylation sites is 1. The molecule has 2 aromatic rings. The SMILES string of the molecule is CCN(CC)C(=O)CN1CCN(Cc2nnnn2-c2ccccc2)CC1. The molecular formula is C18H27N7O. The van der Waals surface area contributed by atoms with E-state index in [1.54, 1.807) is 4.68 Å². The van der Waals surface area contributed by atoms with Crippen LogP contribution in [-0.2, 0) is 11.3 Å². The van der Waals surface area contributed by atoms with Gasteiger partial charge in [0.25, 0.3) is 0 Å². The summed E-state index contributed by atoms with van der Waals surface area (Å²) >= 11 is 0. The van der Waals surface area contributed by atoms with Crippen molar-refractivity contribution in [1.29, 1.82) is 0 Å². The van der Waals surface area contributed by atoms with Crippen LogP contribution in [0.1, 0.15) is 19.7 Å². The normalized spacial score (nSPS) is 15.9. The first-order valence-electron chi connectivity index (χ1n) is 9.26. The fourth-order valence-corrected chi connectivity index (χ4v) is 3.25. The quantitative estimate of drug-likeness (QED) is 0.725. The van der Waals surface area contributed by atoms with Crippen molar-refractivity contribution in [3.63, 3.8) is 0 Å². The minimum atomic E-state index is 0.219. The molecule has 1 aromatic heterocycles. The Morgan fingerprint density at radius 2 is 1.69 bits per heavy atom. The summed E-state index contributed by atoms with van der Waals surface area (Å²) in [4.78, 5) is 18.7. The number of nitrogens with zero attached hydrogens (tertiary/aromatic N) is 7. The van der Waals surface area contributed by atoms with Crippen LogP contribution < -0.4 is 0 Å². The number of hydrogen-bond acceptors (Lipinski definition) is 6. The van der Waals surface area contributed by atoms with Gasteiger partial charge in [0, 0.05) is 39.3 Å². The van der Waals surface area contributed by atoms with Crippen LogP contribution in [0.2, 0.25) is 0 Å². The molecule has 140 valence electrons. The Kier molecular flexibility index (Phi) is 6.30. The lowest BCUT2D eigenvalue weighted by molar-refractivity contribution is -0.132. The molecule has 0 unspecified atom stereocenters. The van der Waals surface area contributed by atoms with Crippen molar-refractivity contribution in [2.75, 3.05) is 45.8 Å². The molecule has 8 heteroatoms. The van der Waals surface area contributed by atoms with Crippen LogP contribution in [0.5, 0.6) is 0 Å². The number of benzene rings is 1. The highest BCUT2D eigenvalue weighted by molar-refractivity contribution is 5.78. The van der Waals surface area contributed by atoms with Crippen LogP contribution in [0, 0.1) is 0 Å². The largest absolute Gasteiger partial charge is 0.342 e. The van der Waals surface area contributed by atoms with Crippen molar-refractivity contribution in [3.8, 4) is 5.69 Å². The average molecular weight is 357 g/mol. The van der Waals surface area contributed by atoms with Gasteiger partial charge in [-0.25, -0.2) is 0 Å². The molecule has 0 bridgehead atoms. The Labute approximate surface area is 154 Å². The van der Waals surface area contributed by atoms with E-state index in [-0.39, 0.29) is 5.91 Å². The highest BCUT2D eigenvalue weighted by atomic mass is 16.2. The molecule has 0 N–H and O–H groups in total. The second-order valence-corrected chi connectivity index (χ2v) is 6.46. The number of rotatable bonds is 7. The molecular weight excluding hydrogens is 330 g/mol. The number of carbonyl (C=O) groups is 1. The number of aromatic nitrogens is 4. The molecule has 0 radical (unpaired) electrons. The molecule has 0 aliphatic carbocycles. The molecule has 1 aliphatic heterocycles. The molecule has 2 heterocycles. The first-order valence-corrected chi connectivity index (χ1v) is 9.26. The Morgan fingerprint density at radius 3 is 2.35 bits per heavy atom. The van der Waals surface area contributed by atoms with E-state index in [0.717, 1.165) is 50.8 Å². The van der Waals surface area contributed by atoms with E-state index < -0.39 is 0 Å². The molecule has 1 aliphatic rings. The molecule has 0 atom stereocenters. The third kappa shape index (κ3) is 4.44. The van der Waals surface area contributed by atoms with Gasteiger partial charge < -0.3 is 4.90 Å². The first-order chi connectivity index (χ1) is 12.7. The van der Waals surface area contributed by atoms with Crippen LogP contribution >= 0.6 is 0 Å². The van der Waals surface area contributed by atoms with Crippen LogP contribution in [-0.4, -0.2) is 86.6 Å². The molecule has 1 saturated heterocycles.